The zero-order chi connectivity index (χ0) is 17.2. The summed E-state index contributed by atoms with van der Waals surface area (Å²) in [5.74, 6) is -1.85. The zero-order valence-corrected chi connectivity index (χ0v) is 13.5. The van der Waals surface area contributed by atoms with Crippen LogP contribution in [0.4, 0.5) is 0 Å². The van der Waals surface area contributed by atoms with Crippen LogP contribution in [0.3, 0.4) is 0 Å². The Morgan fingerprint density at radius 1 is 1.30 bits per heavy atom. The Kier molecular flexibility index (Phi) is 4.90. The van der Waals surface area contributed by atoms with E-state index in [1.165, 1.54) is 32.4 Å². The first kappa shape index (κ1) is 17.2. The Balaban J connectivity index is 2.47. The van der Waals surface area contributed by atoms with Crippen LogP contribution < -0.4 is 4.74 Å². The van der Waals surface area contributed by atoms with Crippen molar-refractivity contribution < 1.29 is 32.6 Å². The molecule has 1 aliphatic heterocycles. The van der Waals surface area contributed by atoms with E-state index in [1.807, 2.05) is 0 Å². The van der Waals surface area contributed by atoms with Crippen molar-refractivity contribution in [2.75, 3.05) is 20.8 Å². The van der Waals surface area contributed by atoms with Crippen molar-refractivity contribution in [3.05, 3.63) is 23.8 Å². The SMILES string of the molecule is COC(=O)c1ccc(S(=O)(=O)N2CCCC2C(=O)O)c(OC)c1. The molecule has 0 spiro atoms. The second kappa shape index (κ2) is 6.55. The molecule has 8 nitrogen and oxygen atoms in total. The van der Waals surface area contributed by atoms with Crippen LogP contribution in [-0.2, 0) is 19.6 Å². The first-order valence-corrected chi connectivity index (χ1v) is 8.28. The fourth-order valence-electron chi connectivity index (χ4n) is 2.53. The van der Waals surface area contributed by atoms with E-state index in [-0.39, 0.29) is 29.2 Å². The van der Waals surface area contributed by atoms with E-state index in [4.69, 9.17) is 4.74 Å². The molecule has 1 saturated heterocycles. The smallest absolute Gasteiger partial charge is 0.337 e. The van der Waals surface area contributed by atoms with Crippen LogP contribution in [0.25, 0.3) is 0 Å². The van der Waals surface area contributed by atoms with Gasteiger partial charge in [-0.25, -0.2) is 13.2 Å². The number of methoxy groups -OCH3 is 2. The van der Waals surface area contributed by atoms with Crippen molar-refractivity contribution in [1.82, 2.24) is 4.31 Å². The van der Waals surface area contributed by atoms with E-state index in [0.29, 0.717) is 6.42 Å². The van der Waals surface area contributed by atoms with Crippen molar-refractivity contribution in [1.29, 1.82) is 0 Å². The molecule has 1 atom stereocenters. The maximum absolute atomic E-state index is 12.7. The molecule has 0 amide bonds. The molecule has 1 heterocycles. The van der Waals surface area contributed by atoms with Gasteiger partial charge in [0.05, 0.1) is 19.8 Å². The topological polar surface area (TPSA) is 110 Å². The van der Waals surface area contributed by atoms with E-state index in [1.54, 1.807) is 0 Å². The Morgan fingerprint density at radius 3 is 2.57 bits per heavy atom. The van der Waals surface area contributed by atoms with E-state index in [9.17, 15) is 23.1 Å². The zero-order valence-electron chi connectivity index (χ0n) is 12.7. The molecule has 0 bridgehead atoms. The number of carboxylic acid groups (broad SMARTS) is 1. The molecule has 23 heavy (non-hydrogen) atoms. The summed E-state index contributed by atoms with van der Waals surface area (Å²) in [5.41, 5.74) is 0.138. The molecule has 1 fully saturated rings. The van der Waals surface area contributed by atoms with Crippen LogP contribution in [-0.4, -0.2) is 56.6 Å². The highest BCUT2D eigenvalue weighted by molar-refractivity contribution is 7.89. The summed E-state index contributed by atoms with van der Waals surface area (Å²) in [4.78, 5) is 22.6. The maximum Gasteiger partial charge on any atom is 0.337 e. The van der Waals surface area contributed by atoms with E-state index in [0.717, 1.165) is 4.31 Å². The number of benzene rings is 1. The lowest BCUT2D eigenvalue weighted by atomic mass is 10.2. The van der Waals surface area contributed by atoms with E-state index in [2.05, 4.69) is 4.74 Å². The highest BCUT2D eigenvalue weighted by atomic mass is 32.2. The van der Waals surface area contributed by atoms with Gasteiger partial charge in [0.2, 0.25) is 10.0 Å². The summed E-state index contributed by atoms with van der Waals surface area (Å²) >= 11 is 0. The minimum Gasteiger partial charge on any atom is -0.495 e. The minimum atomic E-state index is -4.05. The highest BCUT2D eigenvalue weighted by Gasteiger charge is 2.40. The van der Waals surface area contributed by atoms with Gasteiger partial charge in [-0.1, -0.05) is 0 Å². The Hall–Kier alpha value is -2.13. The number of nitrogens with zero attached hydrogens (tertiary/aromatic N) is 1. The summed E-state index contributed by atoms with van der Waals surface area (Å²) in [7, 11) is -1.57. The number of carbonyl (C=O) groups is 2. The second-order valence-electron chi connectivity index (χ2n) is 4.97. The summed E-state index contributed by atoms with van der Waals surface area (Å²) in [5, 5.41) is 9.17. The predicted octanol–water partition coefficient (Wildman–Crippen LogP) is 0.719. The van der Waals surface area contributed by atoms with Gasteiger partial charge in [0.25, 0.3) is 0 Å². The summed E-state index contributed by atoms with van der Waals surface area (Å²) in [6.07, 6.45) is 0.732. The van der Waals surface area contributed by atoms with Gasteiger partial charge in [0.15, 0.2) is 0 Å². The lowest BCUT2D eigenvalue weighted by Crippen LogP contribution is -2.40. The van der Waals surface area contributed by atoms with Gasteiger partial charge < -0.3 is 14.6 Å². The Labute approximate surface area is 133 Å². The molecule has 0 saturated carbocycles. The molecular weight excluding hydrogens is 326 g/mol. The standard InChI is InChI=1S/C14H17NO7S/c1-21-11-8-9(14(18)22-2)5-6-12(11)23(19,20)15-7-3-4-10(15)13(16)17/h5-6,8,10H,3-4,7H2,1-2H3,(H,16,17). The van der Waals surface area contributed by atoms with Gasteiger partial charge in [-0.2, -0.15) is 4.31 Å². The molecule has 2 rings (SSSR count). The quantitative estimate of drug-likeness (QED) is 0.784. The largest absolute Gasteiger partial charge is 0.495 e. The normalized spacial score (nSPS) is 18.6. The van der Waals surface area contributed by atoms with Gasteiger partial charge in [-0.15, -0.1) is 0 Å². The Bertz CT molecular complexity index is 729. The number of aliphatic carboxylic acids is 1. The fourth-order valence-corrected chi connectivity index (χ4v) is 4.32. The van der Waals surface area contributed by atoms with Crippen LogP contribution in [0.2, 0.25) is 0 Å². The molecule has 0 aliphatic carbocycles. The highest BCUT2D eigenvalue weighted by Crippen LogP contribution is 2.32. The minimum absolute atomic E-state index is 0.0380. The molecule has 126 valence electrons. The third-order valence-corrected chi connectivity index (χ3v) is 5.61. The van der Waals surface area contributed by atoms with Crippen LogP contribution in [0.5, 0.6) is 5.75 Å². The molecule has 1 aromatic rings. The molecule has 1 aliphatic rings. The third kappa shape index (κ3) is 3.15. The number of hydrogen-bond acceptors (Lipinski definition) is 6. The van der Waals surface area contributed by atoms with Crippen molar-refractivity contribution in [2.24, 2.45) is 0 Å². The van der Waals surface area contributed by atoms with Gasteiger partial charge in [-0.05, 0) is 31.0 Å². The molecule has 1 aromatic carbocycles. The summed E-state index contributed by atoms with van der Waals surface area (Å²) < 4.78 is 36.1. The number of hydrogen-bond donors (Lipinski definition) is 1. The summed E-state index contributed by atoms with van der Waals surface area (Å²) in [6, 6.07) is 2.68. The van der Waals surface area contributed by atoms with Crippen LogP contribution in [0, 0.1) is 0 Å². The average Bonchev–Trinajstić information content (AvgIpc) is 3.04. The van der Waals surface area contributed by atoms with Crippen molar-refractivity contribution in [3.63, 3.8) is 0 Å². The van der Waals surface area contributed by atoms with Crippen molar-refractivity contribution in [3.8, 4) is 5.75 Å². The van der Waals surface area contributed by atoms with Crippen molar-refractivity contribution >= 4 is 22.0 Å². The first-order chi connectivity index (χ1) is 10.8. The second-order valence-corrected chi connectivity index (χ2v) is 6.83. The maximum atomic E-state index is 12.7. The predicted molar refractivity (Wildman–Crippen MR) is 78.9 cm³/mol. The molecule has 1 unspecified atom stereocenters. The number of ether oxygens (including phenoxy) is 2. The monoisotopic (exact) mass is 343 g/mol. The lowest BCUT2D eigenvalue weighted by molar-refractivity contribution is -0.140. The molecule has 0 radical (unpaired) electrons. The molecule has 9 heteroatoms. The Morgan fingerprint density at radius 2 is 2.00 bits per heavy atom. The number of esters is 1. The number of carbonyl (C=O) groups excluding carboxylic acids is 1. The number of carboxylic acids is 1. The number of rotatable bonds is 5. The average molecular weight is 343 g/mol. The van der Waals surface area contributed by atoms with Gasteiger partial charge in [0.1, 0.15) is 16.7 Å². The molecule has 1 N–H and O–H groups in total. The van der Waals surface area contributed by atoms with Gasteiger partial charge >= 0.3 is 11.9 Å². The van der Waals surface area contributed by atoms with Crippen LogP contribution in [0.15, 0.2) is 23.1 Å². The van der Waals surface area contributed by atoms with E-state index < -0.39 is 28.0 Å². The van der Waals surface area contributed by atoms with Gasteiger partial charge in [-0.3, -0.25) is 4.79 Å². The number of sulfonamides is 1. The molecule has 0 aromatic heterocycles. The molecular formula is C14H17NO7S. The lowest BCUT2D eigenvalue weighted by Gasteiger charge is -2.22. The van der Waals surface area contributed by atoms with Crippen molar-refractivity contribution in [2.45, 2.75) is 23.8 Å². The fraction of sp³-hybridized carbons (Fsp3) is 0.429. The first-order valence-electron chi connectivity index (χ1n) is 6.84. The van der Waals surface area contributed by atoms with Crippen LogP contribution >= 0.6 is 0 Å². The van der Waals surface area contributed by atoms with E-state index >= 15 is 0 Å². The van der Waals surface area contributed by atoms with Gasteiger partial charge in [0, 0.05) is 6.54 Å². The third-order valence-electron chi connectivity index (χ3n) is 3.66. The summed E-state index contributed by atoms with van der Waals surface area (Å²) in [6.45, 7) is 0.126. The van der Waals surface area contributed by atoms with Crippen LogP contribution in [0.1, 0.15) is 23.2 Å².